The van der Waals surface area contributed by atoms with E-state index < -0.39 is 26.6 Å². The Kier molecular flexibility index (Phi) is 4.49. The summed E-state index contributed by atoms with van der Waals surface area (Å²) in [5.74, 6) is -1.57. The summed E-state index contributed by atoms with van der Waals surface area (Å²) in [6, 6.07) is 8.94. The number of nitrogens with zero attached hydrogens (tertiary/aromatic N) is 1. The molecule has 0 aliphatic heterocycles. The highest BCUT2D eigenvalue weighted by atomic mass is 35.5. The predicted octanol–water partition coefficient (Wildman–Crippen LogP) is 3.53. The molecule has 0 heterocycles. The van der Waals surface area contributed by atoms with Crippen LogP contribution in [0.3, 0.4) is 0 Å². The van der Waals surface area contributed by atoms with Gasteiger partial charge in [0, 0.05) is 12.9 Å². The van der Waals surface area contributed by atoms with E-state index in [0.29, 0.717) is 9.87 Å². The van der Waals surface area contributed by atoms with Crippen LogP contribution in [0.4, 0.5) is 14.5 Å². The van der Waals surface area contributed by atoms with E-state index in [9.17, 15) is 17.2 Å². The Morgan fingerprint density at radius 2 is 1.76 bits per heavy atom. The van der Waals surface area contributed by atoms with Crippen molar-refractivity contribution in [3.63, 3.8) is 0 Å². The van der Waals surface area contributed by atoms with Crippen LogP contribution < -0.4 is 4.31 Å². The number of para-hydroxylation sites is 1. The molecule has 0 amide bonds. The largest absolute Gasteiger partial charge is 0.267 e. The summed E-state index contributed by atoms with van der Waals surface area (Å²) < 4.78 is 53.2. The van der Waals surface area contributed by atoms with Gasteiger partial charge in [0.05, 0.1) is 5.69 Å². The van der Waals surface area contributed by atoms with Crippen molar-refractivity contribution in [2.45, 2.75) is 10.8 Å². The molecule has 2 aromatic carbocycles. The molecule has 0 atom stereocenters. The van der Waals surface area contributed by atoms with Crippen molar-refractivity contribution in [1.29, 1.82) is 0 Å². The third kappa shape index (κ3) is 3.01. The first-order chi connectivity index (χ1) is 9.87. The molecule has 0 fully saturated rings. The summed E-state index contributed by atoms with van der Waals surface area (Å²) in [5, 5.41) is 0. The van der Waals surface area contributed by atoms with Crippen LogP contribution >= 0.6 is 11.6 Å². The van der Waals surface area contributed by atoms with E-state index in [2.05, 4.69) is 0 Å². The van der Waals surface area contributed by atoms with Gasteiger partial charge in [-0.3, -0.25) is 4.31 Å². The zero-order valence-corrected chi connectivity index (χ0v) is 12.6. The smallest absolute Gasteiger partial charge is 0.266 e. The van der Waals surface area contributed by atoms with Gasteiger partial charge >= 0.3 is 0 Å². The van der Waals surface area contributed by atoms with Gasteiger partial charge in [0.1, 0.15) is 16.5 Å². The normalized spacial score (nSPS) is 11.4. The second kappa shape index (κ2) is 5.99. The van der Waals surface area contributed by atoms with E-state index in [1.54, 1.807) is 0 Å². The van der Waals surface area contributed by atoms with Gasteiger partial charge in [0.2, 0.25) is 0 Å². The lowest BCUT2D eigenvalue weighted by molar-refractivity contribution is 0.563. The number of sulfonamides is 1. The Bertz CT molecular complexity index is 765. The summed E-state index contributed by atoms with van der Waals surface area (Å²) >= 11 is 5.63. The van der Waals surface area contributed by atoms with Crippen LogP contribution in [0.1, 0.15) is 5.56 Å². The number of halogens is 3. The van der Waals surface area contributed by atoms with Gasteiger partial charge in [0.15, 0.2) is 0 Å². The third-order valence-electron chi connectivity index (χ3n) is 2.98. The Balaban J connectivity index is 2.54. The molecule has 2 rings (SSSR count). The van der Waals surface area contributed by atoms with Crippen LogP contribution in [0.25, 0.3) is 0 Å². The maximum Gasteiger partial charge on any atom is 0.267 e. The van der Waals surface area contributed by atoms with Crippen molar-refractivity contribution < 1.29 is 17.2 Å². The minimum Gasteiger partial charge on any atom is -0.266 e. The topological polar surface area (TPSA) is 37.4 Å². The number of alkyl halides is 1. The van der Waals surface area contributed by atoms with Crippen molar-refractivity contribution in [1.82, 2.24) is 0 Å². The summed E-state index contributed by atoms with van der Waals surface area (Å²) in [5.41, 5.74) is 0.298. The first kappa shape index (κ1) is 15.7. The lowest BCUT2D eigenvalue weighted by Gasteiger charge is -2.20. The molecule has 0 bridgehead atoms. The average Bonchev–Trinajstić information content (AvgIpc) is 2.47. The Hall–Kier alpha value is -1.66. The van der Waals surface area contributed by atoms with E-state index in [1.807, 2.05) is 0 Å². The van der Waals surface area contributed by atoms with Crippen molar-refractivity contribution in [2.24, 2.45) is 0 Å². The van der Waals surface area contributed by atoms with Crippen molar-refractivity contribution >= 4 is 27.3 Å². The molecule has 0 unspecified atom stereocenters. The Labute approximate surface area is 126 Å². The SMILES string of the molecule is CN(c1ccccc1F)S(=O)(=O)c1cc(CCl)ccc1F. The van der Waals surface area contributed by atoms with Crippen LogP contribution in [0, 0.1) is 11.6 Å². The highest BCUT2D eigenvalue weighted by Crippen LogP contribution is 2.26. The molecule has 0 spiro atoms. The summed E-state index contributed by atoms with van der Waals surface area (Å²) in [6.45, 7) is 0. The molecule has 0 radical (unpaired) electrons. The Morgan fingerprint density at radius 1 is 1.10 bits per heavy atom. The van der Waals surface area contributed by atoms with Crippen molar-refractivity contribution in [2.75, 3.05) is 11.4 Å². The van der Waals surface area contributed by atoms with Crippen molar-refractivity contribution in [3.05, 3.63) is 59.7 Å². The predicted molar refractivity (Wildman–Crippen MR) is 77.9 cm³/mol. The molecule has 3 nitrogen and oxygen atoms in total. The molecule has 2 aromatic rings. The second-order valence-electron chi connectivity index (χ2n) is 4.32. The number of hydrogen-bond donors (Lipinski definition) is 0. The summed E-state index contributed by atoms with van der Waals surface area (Å²) in [4.78, 5) is -0.536. The minimum absolute atomic E-state index is 0.0478. The van der Waals surface area contributed by atoms with Crippen LogP contribution in [0.15, 0.2) is 47.4 Å². The fraction of sp³-hybridized carbons (Fsp3) is 0.143. The van der Waals surface area contributed by atoms with E-state index in [-0.39, 0.29) is 11.6 Å². The zero-order chi connectivity index (χ0) is 15.6. The van der Waals surface area contributed by atoms with Crippen LogP contribution in [0.5, 0.6) is 0 Å². The zero-order valence-electron chi connectivity index (χ0n) is 11.1. The van der Waals surface area contributed by atoms with Gasteiger partial charge in [-0.1, -0.05) is 18.2 Å². The molecular formula is C14H12ClF2NO2S. The second-order valence-corrected chi connectivity index (χ2v) is 6.53. The first-order valence-electron chi connectivity index (χ1n) is 5.96. The van der Waals surface area contributed by atoms with Gasteiger partial charge < -0.3 is 0 Å². The van der Waals surface area contributed by atoms with Crippen LogP contribution in [-0.2, 0) is 15.9 Å². The highest BCUT2D eigenvalue weighted by molar-refractivity contribution is 7.92. The third-order valence-corrected chi connectivity index (χ3v) is 5.08. The monoisotopic (exact) mass is 331 g/mol. The quantitative estimate of drug-likeness (QED) is 0.804. The molecule has 0 aliphatic rings. The van der Waals surface area contributed by atoms with Crippen LogP contribution in [0.2, 0.25) is 0 Å². The molecule has 21 heavy (non-hydrogen) atoms. The summed E-state index contributed by atoms with van der Waals surface area (Å²) in [6.07, 6.45) is 0. The lowest BCUT2D eigenvalue weighted by Crippen LogP contribution is -2.28. The van der Waals surface area contributed by atoms with Gasteiger partial charge in [-0.2, -0.15) is 0 Å². The average molecular weight is 332 g/mol. The van der Waals surface area contributed by atoms with Crippen LogP contribution in [-0.4, -0.2) is 15.5 Å². The van der Waals surface area contributed by atoms with Gasteiger partial charge in [-0.05, 0) is 29.8 Å². The maximum absolute atomic E-state index is 13.8. The van der Waals surface area contributed by atoms with Gasteiger partial charge in [-0.15, -0.1) is 11.6 Å². The fourth-order valence-electron chi connectivity index (χ4n) is 1.81. The van der Waals surface area contributed by atoms with Crippen molar-refractivity contribution in [3.8, 4) is 0 Å². The van der Waals surface area contributed by atoms with Gasteiger partial charge in [-0.25, -0.2) is 17.2 Å². The molecule has 0 N–H and O–H groups in total. The van der Waals surface area contributed by atoms with E-state index in [4.69, 9.17) is 11.6 Å². The highest BCUT2D eigenvalue weighted by Gasteiger charge is 2.26. The molecule has 112 valence electrons. The van der Waals surface area contributed by atoms with E-state index in [0.717, 1.165) is 18.2 Å². The number of rotatable bonds is 4. The lowest BCUT2D eigenvalue weighted by atomic mass is 10.2. The fourth-order valence-corrected chi connectivity index (χ4v) is 3.30. The summed E-state index contributed by atoms with van der Waals surface area (Å²) in [7, 11) is -3.05. The number of hydrogen-bond acceptors (Lipinski definition) is 2. The Morgan fingerprint density at radius 3 is 2.38 bits per heavy atom. The number of benzene rings is 2. The molecule has 7 heteroatoms. The molecule has 0 saturated carbocycles. The van der Waals surface area contributed by atoms with Gasteiger partial charge in [0.25, 0.3) is 10.0 Å². The van der Waals surface area contributed by atoms with E-state index in [1.165, 1.54) is 31.3 Å². The standard InChI is InChI=1S/C14H12ClF2NO2S/c1-18(13-5-3-2-4-11(13)16)21(19,20)14-8-10(9-15)6-7-12(14)17/h2-8H,9H2,1H3. The maximum atomic E-state index is 13.8. The number of anilines is 1. The van der Waals surface area contributed by atoms with E-state index >= 15 is 0 Å². The molecular weight excluding hydrogens is 320 g/mol. The first-order valence-corrected chi connectivity index (χ1v) is 7.93. The molecule has 0 aliphatic carbocycles. The minimum atomic E-state index is -4.22. The molecule has 0 aromatic heterocycles. The molecule has 0 saturated heterocycles.